The maximum atomic E-state index is 9.18. The van der Waals surface area contributed by atoms with Gasteiger partial charge >= 0.3 is 0 Å². The molecule has 0 spiro atoms. The molecule has 0 unspecified atom stereocenters. The van der Waals surface area contributed by atoms with Crippen LogP contribution >= 0.6 is 11.6 Å². The number of nitrogens with zero attached hydrogens (tertiary/aromatic N) is 4. The van der Waals surface area contributed by atoms with Crippen molar-refractivity contribution in [3.05, 3.63) is 71.9 Å². The van der Waals surface area contributed by atoms with E-state index in [9.17, 15) is 5.26 Å². The zero-order valence-corrected chi connectivity index (χ0v) is 14.5. The van der Waals surface area contributed by atoms with Crippen molar-refractivity contribution in [1.29, 1.82) is 5.26 Å². The number of anilines is 1. The topological polar surface area (TPSA) is 80.5 Å². The fraction of sp³-hybridized carbons (Fsp3) is 0.0500. The number of nitriles is 1. The SMILES string of the molecule is N#Cc1ccc2c(c1)nc(-c1cccnc1N)n2-c1ccc(CCl)cc1. The van der Waals surface area contributed by atoms with Crippen molar-refractivity contribution in [2.24, 2.45) is 0 Å². The van der Waals surface area contributed by atoms with Gasteiger partial charge in [0.05, 0.1) is 28.2 Å². The van der Waals surface area contributed by atoms with Gasteiger partial charge in [0.15, 0.2) is 0 Å². The second kappa shape index (κ2) is 6.51. The zero-order chi connectivity index (χ0) is 18.1. The minimum atomic E-state index is 0.405. The number of fused-ring (bicyclic) bond motifs is 1. The Balaban J connectivity index is 2.03. The molecule has 0 aliphatic carbocycles. The predicted molar refractivity (Wildman–Crippen MR) is 103 cm³/mol. The Kier molecular flexibility index (Phi) is 4.04. The molecule has 0 fully saturated rings. The first-order chi connectivity index (χ1) is 12.7. The molecule has 6 heteroatoms. The van der Waals surface area contributed by atoms with Crippen LogP contribution in [0.4, 0.5) is 5.82 Å². The molecule has 0 bridgehead atoms. The highest BCUT2D eigenvalue weighted by Gasteiger charge is 2.17. The number of nitrogen functional groups attached to an aromatic ring is 1. The van der Waals surface area contributed by atoms with Crippen molar-refractivity contribution in [3.63, 3.8) is 0 Å². The van der Waals surface area contributed by atoms with Gasteiger partial charge in [0.2, 0.25) is 0 Å². The van der Waals surface area contributed by atoms with Crippen molar-refractivity contribution in [3.8, 4) is 23.1 Å². The third kappa shape index (κ3) is 2.67. The summed E-state index contributed by atoms with van der Waals surface area (Å²) in [7, 11) is 0. The minimum absolute atomic E-state index is 0.405. The highest BCUT2D eigenvalue weighted by atomic mass is 35.5. The number of benzene rings is 2. The third-order valence-electron chi connectivity index (χ3n) is 4.21. The van der Waals surface area contributed by atoms with Crippen molar-refractivity contribution < 1.29 is 0 Å². The monoisotopic (exact) mass is 359 g/mol. The van der Waals surface area contributed by atoms with Gasteiger partial charge in [0, 0.05) is 17.8 Å². The molecule has 126 valence electrons. The second-order valence-corrected chi connectivity index (χ2v) is 6.09. The smallest absolute Gasteiger partial charge is 0.149 e. The molecule has 0 radical (unpaired) electrons. The summed E-state index contributed by atoms with van der Waals surface area (Å²) >= 11 is 5.91. The lowest BCUT2D eigenvalue weighted by Crippen LogP contribution is -2.01. The van der Waals surface area contributed by atoms with Gasteiger partial charge in [-0.3, -0.25) is 4.57 Å². The van der Waals surface area contributed by atoms with E-state index in [4.69, 9.17) is 22.3 Å². The van der Waals surface area contributed by atoms with Crippen LogP contribution in [0.2, 0.25) is 0 Å². The maximum Gasteiger partial charge on any atom is 0.149 e. The summed E-state index contributed by atoms with van der Waals surface area (Å²) in [5.41, 5.74) is 11.0. The Bertz CT molecular complexity index is 1140. The van der Waals surface area contributed by atoms with Crippen molar-refractivity contribution in [2.75, 3.05) is 5.73 Å². The lowest BCUT2D eigenvalue weighted by molar-refractivity contribution is 1.09. The Hall–Kier alpha value is -3.36. The number of hydrogen-bond acceptors (Lipinski definition) is 4. The van der Waals surface area contributed by atoms with E-state index in [2.05, 4.69) is 11.1 Å². The average molecular weight is 360 g/mol. The molecule has 2 N–H and O–H groups in total. The summed E-state index contributed by atoms with van der Waals surface area (Å²) < 4.78 is 2.02. The molecule has 0 saturated heterocycles. The lowest BCUT2D eigenvalue weighted by atomic mass is 10.2. The number of hydrogen-bond donors (Lipinski definition) is 1. The Morgan fingerprint density at radius 1 is 1.12 bits per heavy atom. The van der Waals surface area contributed by atoms with Crippen molar-refractivity contribution >= 4 is 28.5 Å². The number of nitrogens with two attached hydrogens (primary N) is 1. The molecule has 2 aromatic heterocycles. The molecule has 0 saturated carbocycles. The number of alkyl halides is 1. The van der Waals surface area contributed by atoms with E-state index < -0.39 is 0 Å². The maximum absolute atomic E-state index is 9.18. The van der Waals surface area contributed by atoms with Crippen molar-refractivity contribution in [2.45, 2.75) is 5.88 Å². The van der Waals surface area contributed by atoms with E-state index in [0.29, 0.717) is 23.1 Å². The fourth-order valence-electron chi connectivity index (χ4n) is 2.93. The van der Waals surface area contributed by atoms with Crippen LogP contribution in [0, 0.1) is 11.3 Å². The summed E-state index contributed by atoms with van der Waals surface area (Å²) in [6, 6.07) is 19.3. The molecule has 0 amide bonds. The summed E-state index contributed by atoms with van der Waals surface area (Å²) in [6.07, 6.45) is 1.65. The van der Waals surface area contributed by atoms with Gasteiger partial charge in [0.1, 0.15) is 11.6 Å². The van der Waals surface area contributed by atoms with E-state index in [-0.39, 0.29) is 0 Å². The normalized spacial score (nSPS) is 10.8. The van der Waals surface area contributed by atoms with Gasteiger partial charge in [-0.15, -0.1) is 11.6 Å². The molecule has 0 atom stereocenters. The summed E-state index contributed by atoms with van der Waals surface area (Å²) in [4.78, 5) is 8.91. The predicted octanol–water partition coefficient (Wildman–Crippen LogP) is 4.28. The number of pyridine rings is 1. The van der Waals surface area contributed by atoms with Crippen LogP contribution < -0.4 is 5.73 Å². The van der Waals surface area contributed by atoms with Crippen molar-refractivity contribution in [1.82, 2.24) is 14.5 Å². The highest BCUT2D eigenvalue weighted by Crippen LogP contribution is 2.31. The Morgan fingerprint density at radius 3 is 2.62 bits per heavy atom. The molecule has 2 aromatic carbocycles. The molecule has 2 heterocycles. The molecule has 0 aliphatic heterocycles. The molecular weight excluding hydrogens is 346 g/mol. The number of aromatic nitrogens is 3. The van der Waals surface area contributed by atoms with E-state index in [1.165, 1.54) is 0 Å². The van der Waals surface area contributed by atoms with Gasteiger partial charge in [-0.2, -0.15) is 5.26 Å². The molecule has 4 aromatic rings. The molecule has 26 heavy (non-hydrogen) atoms. The van der Waals surface area contributed by atoms with E-state index >= 15 is 0 Å². The van der Waals surface area contributed by atoms with E-state index in [0.717, 1.165) is 27.8 Å². The number of rotatable bonds is 3. The van der Waals surface area contributed by atoms with Gasteiger partial charge in [-0.1, -0.05) is 12.1 Å². The summed E-state index contributed by atoms with van der Waals surface area (Å²) in [5.74, 6) is 1.54. The summed E-state index contributed by atoms with van der Waals surface area (Å²) in [6.45, 7) is 0. The van der Waals surface area contributed by atoms with Gasteiger partial charge in [0.25, 0.3) is 0 Å². The third-order valence-corrected chi connectivity index (χ3v) is 4.52. The van der Waals surface area contributed by atoms with Gasteiger partial charge in [-0.05, 0) is 48.0 Å². The van der Waals surface area contributed by atoms with Crippen LogP contribution in [-0.2, 0) is 5.88 Å². The number of halogens is 1. The average Bonchev–Trinajstić information content (AvgIpc) is 3.06. The Morgan fingerprint density at radius 2 is 1.92 bits per heavy atom. The van der Waals surface area contributed by atoms with Gasteiger partial charge in [-0.25, -0.2) is 9.97 Å². The molecule has 4 rings (SSSR count). The van der Waals surface area contributed by atoms with E-state index in [1.807, 2.05) is 47.0 Å². The first-order valence-corrected chi connectivity index (χ1v) is 8.53. The lowest BCUT2D eigenvalue weighted by Gasteiger charge is -2.11. The van der Waals surface area contributed by atoms with Gasteiger partial charge < -0.3 is 5.73 Å². The van der Waals surface area contributed by atoms with Crippen LogP contribution in [-0.4, -0.2) is 14.5 Å². The molecule has 5 nitrogen and oxygen atoms in total. The van der Waals surface area contributed by atoms with Crippen LogP contribution in [0.5, 0.6) is 0 Å². The zero-order valence-electron chi connectivity index (χ0n) is 13.7. The molecular formula is C20H14ClN5. The molecule has 0 aliphatic rings. The summed E-state index contributed by atoms with van der Waals surface area (Å²) in [5, 5.41) is 9.18. The standard InChI is InChI=1S/C20H14ClN5/c21-11-13-3-6-15(7-4-13)26-18-8-5-14(12-22)10-17(18)25-20(26)16-2-1-9-24-19(16)23/h1-10H,11H2,(H2,23,24). The van der Waals surface area contributed by atoms with E-state index in [1.54, 1.807) is 18.3 Å². The van der Waals surface area contributed by atoms with Crippen LogP contribution in [0.15, 0.2) is 60.8 Å². The highest BCUT2D eigenvalue weighted by molar-refractivity contribution is 6.17. The quantitative estimate of drug-likeness (QED) is 0.553. The first kappa shape index (κ1) is 16.1. The number of imidazole rings is 1. The first-order valence-electron chi connectivity index (χ1n) is 8.00. The minimum Gasteiger partial charge on any atom is -0.383 e. The van der Waals surface area contributed by atoms with Crippen LogP contribution in [0.1, 0.15) is 11.1 Å². The Labute approximate surface area is 155 Å². The van der Waals surface area contributed by atoms with Crippen LogP contribution in [0.25, 0.3) is 28.1 Å². The van der Waals surface area contributed by atoms with Crippen LogP contribution in [0.3, 0.4) is 0 Å². The second-order valence-electron chi connectivity index (χ2n) is 5.82. The fourth-order valence-corrected chi connectivity index (χ4v) is 3.11. The largest absolute Gasteiger partial charge is 0.383 e.